The fourth-order valence-corrected chi connectivity index (χ4v) is 2.94. The largest absolute Gasteiger partial charge is 0.349 e. The summed E-state index contributed by atoms with van der Waals surface area (Å²) >= 11 is 0. The molecule has 1 heterocycles. The summed E-state index contributed by atoms with van der Waals surface area (Å²) in [5.41, 5.74) is 1.41. The Bertz CT molecular complexity index is 443. The van der Waals surface area contributed by atoms with E-state index in [0.29, 0.717) is 5.92 Å². The molecule has 1 unspecified atom stereocenters. The highest BCUT2D eigenvalue weighted by Gasteiger charge is 2.22. The van der Waals surface area contributed by atoms with Crippen molar-refractivity contribution >= 4 is 5.96 Å². The normalized spacial score (nSPS) is 18.6. The Hall–Kier alpha value is -1.55. The average molecular weight is 288 g/mol. The van der Waals surface area contributed by atoms with E-state index in [0.717, 1.165) is 25.6 Å². The highest BCUT2D eigenvalue weighted by Crippen LogP contribution is 2.19. The van der Waals surface area contributed by atoms with Crippen LogP contribution in [0.15, 0.2) is 35.3 Å². The molecule has 0 saturated carbocycles. The second kappa shape index (κ2) is 7.46. The monoisotopic (exact) mass is 288 g/mol. The van der Waals surface area contributed by atoms with Gasteiger partial charge in [0.05, 0.1) is 0 Å². The van der Waals surface area contributed by atoms with Crippen LogP contribution in [0.25, 0.3) is 0 Å². The summed E-state index contributed by atoms with van der Waals surface area (Å²) in [6.07, 6.45) is 1.25. The van der Waals surface area contributed by atoms with E-state index in [2.05, 4.69) is 73.2 Å². The zero-order chi connectivity index (χ0) is 15.2. The maximum absolute atomic E-state index is 4.79. The molecule has 0 N–H and O–H groups in total. The molecule has 4 nitrogen and oxygen atoms in total. The maximum atomic E-state index is 4.79. The number of hydrogen-bond acceptors (Lipinski definition) is 2. The molecule has 4 heteroatoms. The van der Waals surface area contributed by atoms with Crippen molar-refractivity contribution in [2.24, 2.45) is 10.9 Å². The summed E-state index contributed by atoms with van der Waals surface area (Å²) in [7, 11) is 8.20. The Morgan fingerprint density at radius 1 is 1.14 bits per heavy atom. The van der Waals surface area contributed by atoms with Gasteiger partial charge in [0.15, 0.2) is 5.96 Å². The minimum atomic E-state index is 0.684. The quantitative estimate of drug-likeness (QED) is 0.625. The first-order valence-electron chi connectivity index (χ1n) is 7.71. The smallest absolute Gasteiger partial charge is 0.195 e. The molecular formula is C17H28N4. The van der Waals surface area contributed by atoms with Crippen LogP contribution in [0, 0.1) is 5.92 Å². The van der Waals surface area contributed by atoms with Gasteiger partial charge >= 0.3 is 0 Å². The number of aliphatic imine (C=N–C) groups is 1. The number of likely N-dealkylation sites (tertiary alicyclic amines) is 1. The molecule has 2 rings (SSSR count). The highest BCUT2D eigenvalue weighted by molar-refractivity contribution is 5.79. The summed E-state index contributed by atoms with van der Waals surface area (Å²) in [4.78, 5) is 11.5. The van der Waals surface area contributed by atoms with E-state index in [1.54, 1.807) is 0 Å². The summed E-state index contributed by atoms with van der Waals surface area (Å²) in [5.74, 6) is 1.74. The first-order valence-corrected chi connectivity index (χ1v) is 7.71. The van der Waals surface area contributed by atoms with Crippen LogP contribution >= 0.6 is 0 Å². The van der Waals surface area contributed by atoms with Crippen molar-refractivity contribution in [3.63, 3.8) is 0 Å². The molecule has 1 fully saturated rings. The van der Waals surface area contributed by atoms with Crippen molar-refractivity contribution in [1.82, 2.24) is 14.7 Å². The Morgan fingerprint density at radius 2 is 1.81 bits per heavy atom. The molecule has 0 amide bonds. The van der Waals surface area contributed by atoms with Crippen LogP contribution in [0.4, 0.5) is 0 Å². The first kappa shape index (κ1) is 15.8. The van der Waals surface area contributed by atoms with E-state index >= 15 is 0 Å². The van der Waals surface area contributed by atoms with Crippen molar-refractivity contribution in [3.05, 3.63) is 35.9 Å². The van der Waals surface area contributed by atoms with E-state index in [9.17, 15) is 0 Å². The van der Waals surface area contributed by atoms with E-state index in [4.69, 9.17) is 4.99 Å². The van der Waals surface area contributed by atoms with Crippen LogP contribution in [-0.4, -0.2) is 68.5 Å². The average Bonchev–Trinajstić information content (AvgIpc) is 2.87. The molecule has 1 aliphatic heterocycles. The van der Waals surface area contributed by atoms with Gasteiger partial charge in [0.25, 0.3) is 0 Å². The molecule has 21 heavy (non-hydrogen) atoms. The summed E-state index contributed by atoms with van der Waals surface area (Å²) < 4.78 is 0. The predicted octanol–water partition coefficient (Wildman–Crippen LogP) is 1.99. The second-order valence-electron chi connectivity index (χ2n) is 6.30. The van der Waals surface area contributed by atoms with E-state index < -0.39 is 0 Å². The zero-order valence-electron chi connectivity index (χ0n) is 13.8. The zero-order valence-corrected chi connectivity index (χ0v) is 13.8. The van der Waals surface area contributed by atoms with E-state index in [1.165, 1.54) is 18.5 Å². The van der Waals surface area contributed by atoms with Crippen molar-refractivity contribution in [2.75, 3.05) is 47.8 Å². The molecule has 0 aliphatic carbocycles. The lowest BCUT2D eigenvalue weighted by Crippen LogP contribution is -2.36. The number of nitrogens with zero attached hydrogens (tertiary/aromatic N) is 4. The van der Waals surface area contributed by atoms with Crippen LogP contribution in [0.3, 0.4) is 0 Å². The first-order chi connectivity index (χ1) is 10.1. The van der Waals surface area contributed by atoms with Crippen LogP contribution in [0.1, 0.15) is 12.0 Å². The maximum Gasteiger partial charge on any atom is 0.195 e. The van der Waals surface area contributed by atoms with Crippen LogP contribution < -0.4 is 0 Å². The van der Waals surface area contributed by atoms with Crippen molar-refractivity contribution < 1.29 is 0 Å². The molecule has 1 aromatic rings. The molecule has 1 atom stereocenters. The third-order valence-electron chi connectivity index (χ3n) is 3.91. The molecule has 0 spiro atoms. The van der Waals surface area contributed by atoms with Gasteiger partial charge in [-0.05, 0) is 24.4 Å². The summed E-state index contributed by atoms with van der Waals surface area (Å²) in [6.45, 7) is 4.34. The highest BCUT2D eigenvalue weighted by atomic mass is 15.3. The van der Waals surface area contributed by atoms with Gasteiger partial charge in [-0.1, -0.05) is 30.3 Å². The molecule has 1 aliphatic rings. The van der Waals surface area contributed by atoms with Gasteiger partial charge in [0, 0.05) is 47.8 Å². The fraction of sp³-hybridized carbons (Fsp3) is 0.588. The van der Waals surface area contributed by atoms with Crippen molar-refractivity contribution in [1.29, 1.82) is 0 Å². The van der Waals surface area contributed by atoms with Gasteiger partial charge in [-0.15, -0.1) is 0 Å². The standard InChI is InChI=1S/C17H28N4/c1-19(2)17(20(3)4)18-12-16-10-11-21(14-16)13-15-8-6-5-7-9-15/h5-9,16H,10-14H2,1-4H3. The molecule has 1 saturated heterocycles. The molecular weight excluding hydrogens is 260 g/mol. The summed E-state index contributed by atoms with van der Waals surface area (Å²) in [5, 5.41) is 0. The van der Waals surface area contributed by atoms with Gasteiger partial charge in [0.2, 0.25) is 0 Å². The molecule has 116 valence electrons. The lowest BCUT2D eigenvalue weighted by atomic mass is 10.1. The fourth-order valence-electron chi connectivity index (χ4n) is 2.94. The van der Waals surface area contributed by atoms with Gasteiger partial charge in [-0.25, -0.2) is 0 Å². The number of benzene rings is 1. The molecule has 0 bridgehead atoms. The lowest BCUT2D eigenvalue weighted by Gasteiger charge is -2.23. The van der Waals surface area contributed by atoms with Gasteiger partial charge in [-0.3, -0.25) is 9.89 Å². The predicted molar refractivity (Wildman–Crippen MR) is 89.5 cm³/mol. The van der Waals surface area contributed by atoms with E-state index in [1.807, 2.05) is 0 Å². The third kappa shape index (κ3) is 4.74. The van der Waals surface area contributed by atoms with Crippen LogP contribution in [0.2, 0.25) is 0 Å². The molecule has 0 aromatic heterocycles. The minimum Gasteiger partial charge on any atom is -0.349 e. The summed E-state index contributed by atoms with van der Waals surface area (Å²) in [6, 6.07) is 10.7. The minimum absolute atomic E-state index is 0.684. The van der Waals surface area contributed by atoms with Crippen molar-refractivity contribution in [2.45, 2.75) is 13.0 Å². The SMILES string of the molecule is CN(C)C(=NCC1CCN(Cc2ccccc2)C1)N(C)C. The van der Waals surface area contributed by atoms with Gasteiger partial charge in [0.1, 0.15) is 0 Å². The number of hydrogen-bond donors (Lipinski definition) is 0. The second-order valence-corrected chi connectivity index (χ2v) is 6.30. The van der Waals surface area contributed by atoms with Gasteiger partial charge < -0.3 is 9.80 Å². The third-order valence-corrected chi connectivity index (χ3v) is 3.91. The molecule has 1 aromatic carbocycles. The topological polar surface area (TPSA) is 22.1 Å². The Morgan fingerprint density at radius 3 is 2.43 bits per heavy atom. The molecule has 0 radical (unpaired) electrons. The Kier molecular flexibility index (Phi) is 5.62. The Balaban J connectivity index is 1.84. The van der Waals surface area contributed by atoms with Crippen molar-refractivity contribution in [3.8, 4) is 0 Å². The van der Waals surface area contributed by atoms with E-state index in [-0.39, 0.29) is 0 Å². The van der Waals surface area contributed by atoms with Crippen LogP contribution in [0.5, 0.6) is 0 Å². The number of rotatable bonds is 4. The van der Waals surface area contributed by atoms with Crippen LogP contribution in [-0.2, 0) is 6.54 Å². The number of guanidine groups is 1. The van der Waals surface area contributed by atoms with Gasteiger partial charge in [-0.2, -0.15) is 0 Å². The lowest BCUT2D eigenvalue weighted by molar-refractivity contribution is 0.317. The Labute approximate surface area is 129 Å².